The largest absolute Gasteiger partial charge is 0.493 e. The minimum Gasteiger partial charge on any atom is -0.493 e. The van der Waals surface area contributed by atoms with Crippen LogP contribution < -0.4 is 14.2 Å². The molecule has 2 aliphatic carbocycles. The number of carbonyl (C=O) groups excluding carboxylic acids is 1. The van der Waals surface area contributed by atoms with E-state index < -0.39 is 0 Å². The molecule has 1 fully saturated rings. The topological polar surface area (TPSA) is 44.8 Å². The van der Waals surface area contributed by atoms with Crippen molar-refractivity contribution in [2.24, 2.45) is 11.8 Å². The van der Waals surface area contributed by atoms with Gasteiger partial charge in [-0.2, -0.15) is 0 Å². The fraction of sp³-hybridized carbons (Fsp3) is 0.458. The second kappa shape index (κ2) is 7.86. The van der Waals surface area contributed by atoms with Crippen molar-refractivity contribution >= 4 is 5.78 Å². The Labute approximate surface area is 166 Å². The van der Waals surface area contributed by atoms with Crippen molar-refractivity contribution < 1.29 is 19.0 Å². The summed E-state index contributed by atoms with van der Waals surface area (Å²) in [6.07, 6.45) is 3.80. The molecule has 4 nitrogen and oxygen atoms in total. The zero-order valence-electron chi connectivity index (χ0n) is 16.9. The number of methoxy groups -OCH3 is 1. The molecule has 2 aromatic carbocycles. The molecule has 4 heteroatoms. The Morgan fingerprint density at radius 2 is 1.75 bits per heavy atom. The van der Waals surface area contributed by atoms with E-state index in [1.54, 1.807) is 7.11 Å². The average molecular weight is 380 g/mol. The first-order valence-electron chi connectivity index (χ1n) is 10.2. The molecule has 2 aliphatic rings. The molecule has 1 saturated carbocycles. The van der Waals surface area contributed by atoms with Gasteiger partial charge in [0.2, 0.25) is 5.75 Å². The minimum absolute atomic E-state index is 0.222. The van der Waals surface area contributed by atoms with Gasteiger partial charge in [-0.3, -0.25) is 4.79 Å². The van der Waals surface area contributed by atoms with Crippen molar-refractivity contribution in [1.29, 1.82) is 0 Å². The SMILES string of the molecule is COc1ccc(-c2cccc3c2CCC3=O)c(OCC(C)C)c1OCC1CC1. The number of benzene rings is 2. The van der Waals surface area contributed by atoms with Crippen LogP contribution in [0, 0.1) is 11.8 Å². The van der Waals surface area contributed by atoms with Gasteiger partial charge in [-0.05, 0) is 54.4 Å². The van der Waals surface area contributed by atoms with Crippen molar-refractivity contribution in [2.75, 3.05) is 20.3 Å². The number of ketones is 1. The number of rotatable bonds is 8. The summed E-state index contributed by atoms with van der Waals surface area (Å²) in [6.45, 7) is 5.53. The highest BCUT2D eigenvalue weighted by atomic mass is 16.5. The number of Topliss-reactive ketones (excluding diaryl/α,β-unsaturated/α-hetero) is 1. The molecule has 0 heterocycles. The van der Waals surface area contributed by atoms with E-state index in [1.807, 2.05) is 24.3 Å². The third kappa shape index (κ3) is 3.73. The Kier molecular flexibility index (Phi) is 5.29. The predicted octanol–water partition coefficient (Wildman–Crippen LogP) is 5.31. The van der Waals surface area contributed by atoms with Gasteiger partial charge in [0.1, 0.15) is 0 Å². The minimum atomic E-state index is 0.222. The van der Waals surface area contributed by atoms with Gasteiger partial charge < -0.3 is 14.2 Å². The monoisotopic (exact) mass is 380 g/mol. The normalized spacial score (nSPS) is 15.6. The summed E-state index contributed by atoms with van der Waals surface area (Å²) in [5.41, 5.74) is 3.98. The van der Waals surface area contributed by atoms with Crippen LogP contribution in [0.2, 0.25) is 0 Å². The van der Waals surface area contributed by atoms with E-state index in [-0.39, 0.29) is 5.78 Å². The number of hydrogen-bond acceptors (Lipinski definition) is 4. The molecule has 0 saturated heterocycles. The highest BCUT2D eigenvalue weighted by Gasteiger charge is 2.28. The van der Waals surface area contributed by atoms with Crippen LogP contribution >= 0.6 is 0 Å². The summed E-state index contributed by atoms with van der Waals surface area (Å²) in [5, 5.41) is 0. The van der Waals surface area contributed by atoms with E-state index in [1.165, 1.54) is 12.8 Å². The van der Waals surface area contributed by atoms with E-state index in [0.717, 1.165) is 34.4 Å². The van der Waals surface area contributed by atoms with Gasteiger partial charge in [-0.1, -0.05) is 32.0 Å². The molecule has 0 bridgehead atoms. The first kappa shape index (κ1) is 18.9. The Balaban J connectivity index is 1.81. The van der Waals surface area contributed by atoms with Gasteiger partial charge >= 0.3 is 0 Å². The van der Waals surface area contributed by atoms with Crippen molar-refractivity contribution in [3.05, 3.63) is 41.5 Å². The first-order valence-corrected chi connectivity index (χ1v) is 10.2. The molecule has 0 amide bonds. The third-order valence-corrected chi connectivity index (χ3v) is 5.39. The fourth-order valence-electron chi connectivity index (χ4n) is 3.68. The molecule has 0 N–H and O–H groups in total. The van der Waals surface area contributed by atoms with Gasteiger partial charge in [0, 0.05) is 17.5 Å². The molecule has 0 aromatic heterocycles. The molecule has 0 unspecified atom stereocenters. The molecule has 148 valence electrons. The van der Waals surface area contributed by atoms with Crippen molar-refractivity contribution in [2.45, 2.75) is 39.5 Å². The zero-order chi connectivity index (χ0) is 19.7. The smallest absolute Gasteiger partial charge is 0.204 e. The van der Waals surface area contributed by atoms with Crippen molar-refractivity contribution in [3.63, 3.8) is 0 Å². The molecule has 0 aliphatic heterocycles. The second-order valence-corrected chi connectivity index (χ2v) is 8.19. The van der Waals surface area contributed by atoms with E-state index in [2.05, 4.69) is 19.9 Å². The molecular weight excluding hydrogens is 352 g/mol. The van der Waals surface area contributed by atoms with Gasteiger partial charge in [0.05, 0.1) is 20.3 Å². The molecule has 28 heavy (non-hydrogen) atoms. The van der Waals surface area contributed by atoms with Crippen LogP contribution in [-0.2, 0) is 6.42 Å². The van der Waals surface area contributed by atoms with Crippen molar-refractivity contribution in [1.82, 2.24) is 0 Å². The first-order chi connectivity index (χ1) is 13.6. The van der Waals surface area contributed by atoms with E-state index in [0.29, 0.717) is 43.0 Å². The van der Waals surface area contributed by atoms with Crippen LogP contribution in [0.4, 0.5) is 0 Å². The summed E-state index contributed by atoms with van der Waals surface area (Å²) < 4.78 is 18.1. The summed E-state index contributed by atoms with van der Waals surface area (Å²) >= 11 is 0. The standard InChI is InChI=1S/C24H28O4/c1-15(2)13-27-23-20(17-5-4-6-19-18(17)9-11-21(19)25)10-12-22(26-3)24(23)28-14-16-7-8-16/h4-6,10,12,15-16H,7-9,11,13-14H2,1-3H3. The lowest BCUT2D eigenvalue weighted by molar-refractivity contribution is 0.0994. The maximum atomic E-state index is 12.2. The van der Waals surface area contributed by atoms with Crippen LogP contribution in [0.1, 0.15) is 49.0 Å². The van der Waals surface area contributed by atoms with Crippen LogP contribution in [0.3, 0.4) is 0 Å². The van der Waals surface area contributed by atoms with Gasteiger partial charge in [0.15, 0.2) is 17.3 Å². The van der Waals surface area contributed by atoms with Gasteiger partial charge in [-0.25, -0.2) is 0 Å². The zero-order valence-corrected chi connectivity index (χ0v) is 16.9. The molecular formula is C24H28O4. The van der Waals surface area contributed by atoms with Crippen LogP contribution in [-0.4, -0.2) is 26.1 Å². The van der Waals surface area contributed by atoms with E-state index in [9.17, 15) is 4.79 Å². The van der Waals surface area contributed by atoms with Crippen LogP contribution in [0.15, 0.2) is 30.3 Å². The number of carbonyl (C=O) groups is 1. The van der Waals surface area contributed by atoms with Crippen LogP contribution in [0.5, 0.6) is 17.2 Å². The second-order valence-electron chi connectivity index (χ2n) is 8.19. The maximum absolute atomic E-state index is 12.2. The quantitative estimate of drug-likeness (QED) is 0.622. The summed E-state index contributed by atoms with van der Waals surface area (Å²) in [5.74, 6) is 3.33. The van der Waals surface area contributed by atoms with E-state index in [4.69, 9.17) is 14.2 Å². The number of hydrogen-bond donors (Lipinski definition) is 0. The summed E-state index contributed by atoms with van der Waals surface area (Å²) in [4.78, 5) is 12.2. The molecule has 0 atom stereocenters. The molecule has 4 rings (SSSR count). The third-order valence-electron chi connectivity index (χ3n) is 5.39. The van der Waals surface area contributed by atoms with Crippen LogP contribution in [0.25, 0.3) is 11.1 Å². The summed E-state index contributed by atoms with van der Waals surface area (Å²) in [7, 11) is 1.66. The number of ether oxygens (including phenoxy) is 3. The molecule has 2 aromatic rings. The average Bonchev–Trinajstić information content (AvgIpc) is 3.45. The Morgan fingerprint density at radius 1 is 0.964 bits per heavy atom. The predicted molar refractivity (Wildman–Crippen MR) is 110 cm³/mol. The fourth-order valence-corrected chi connectivity index (χ4v) is 3.68. The van der Waals surface area contributed by atoms with Gasteiger partial charge in [0.25, 0.3) is 0 Å². The Morgan fingerprint density at radius 3 is 2.46 bits per heavy atom. The van der Waals surface area contributed by atoms with Gasteiger partial charge in [-0.15, -0.1) is 0 Å². The Hall–Kier alpha value is -2.49. The highest BCUT2D eigenvalue weighted by molar-refractivity contribution is 6.02. The van der Waals surface area contributed by atoms with Crippen molar-refractivity contribution in [3.8, 4) is 28.4 Å². The lowest BCUT2D eigenvalue weighted by Crippen LogP contribution is -2.09. The lowest BCUT2D eigenvalue weighted by atomic mass is 9.95. The lowest BCUT2D eigenvalue weighted by Gasteiger charge is -2.21. The maximum Gasteiger partial charge on any atom is 0.204 e. The Bertz CT molecular complexity index is 880. The number of fused-ring (bicyclic) bond motifs is 1. The molecule has 0 radical (unpaired) electrons. The molecule has 0 spiro atoms. The highest BCUT2D eigenvalue weighted by Crippen LogP contribution is 2.47. The summed E-state index contributed by atoms with van der Waals surface area (Å²) in [6, 6.07) is 9.93. The van der Waals surface area contributed by atoms with E-state index >= 15 is 0 Å².